The van der Waals surface area contributed by atoms with Crippen LogP contribution < -0.4 is 10.6 Å². The molecule has 7 heteroatoms. The van der Waals surface area contributed by atoms with E-state index in [1.807, 2.05) is 20.8 Å². The second-order valence-corrected chi connectivity index (χ2v) is 5.65. The average molecular weight is 282 g/mol. The summed E-state index contributed by atoms with van der Waals surface area (Å²) in [5.74, 6) is 0.769. The van der Waals surface area contributed by atoms with Crippen LogP contribution in [0.4, 0.5) is 17.3 Å². The molecule has 0 fully saturated rings. The van der Waals surface area contributed by atoms with Gasteiger partial charge >= 0.3 is 5.69 Å². The van der Waals surface area contributed by atoms with Crippen molar-refractivity contribution in [3.8, 4) is 0 Å². The van der Waals surface area contributed by atoms with Crippen LogP contribution in [0.3, 0.4) is 0 Å². The fourth-order valence-electron chi connectivity index (χ4n) is 1.86. The van der Waals surface area contributed by atoms with Crippen molar-refractivity contribution in [1.29, 1.82) is 0 Å². The summed E-state index contributed by atoms with van der Waals surface area (Å²) in [4.78, 5) is 14.8. The summed E-state index contributed by atoms with van der Waals surface area (Å²) >= 11 is 0. The molecule has 0 saturated carbocycles. The Balaban J connectivity index is 3.12. The monoisotopic (exact) mass is 282 g/mol. The molecular formula is C13H22N4O3. The SMILES string of the molecule is CNc1ccc([N+](=O)[O-])c(NC(CCO)C(C)(C)C)n1. The number of nitrogens with one attached hydrogen (secondary N) is 2. The van der Waals surface area contributed by atoms with Gasteiger partial charge in [-0.05, 0) is 17.9 Å². The number of nitrogens with zero attached hydrogens (tertiary/aromatic N) is 2. The number of pyridine rings is 1. The highest BCUT2D eigenvalue weighted by molar-refractivity contribution is 5.60. The first-order chi connectivity index (χ1) is 9.29. The molecule has 0 aliphatic rings. The average Bonchev–Trinajstić information content (AvgIpc) is 2.36. The topological polar surface area (TPSA) is 100 Å². The maximum absolute atomic E-state index is 11.1. The third kappa shape index (κ3) is 4.06. The summed E-state index contributed by atoms with van der Waals surface area (Å²) in [5, 5.41) is 26.2. The summed E-state index contributed by atoms with van der Waals surface area (Å²) in [6.45, 7) is 6.03. The van der Waals surface area contributed by atoms with Crippen molar-refractivity contribution in [3.05, 3.63) is 22.2 Å². The highest BCUT2D eigenvalue weighted by Crippen LogP contribution is 2.30. The largest absolute Gasteiger partial charge is 0.396 e. The quantitative estimate of drug-likeness (QED) is 0.546. The molecule has 1 unspecified atom stereocenters. The Morgan fingerprint density at radius 2 is 2.10 bits per heavy atom. The van der Waals surface area contributed by atoms with Crippen LogP contribution in [0.2, 0.25) is 0 Å². The Hall–Kier alpha value is -1.89. The summed E-state index contributed by atoms with van der Waals surface area (Å²) in [6.07, 6.45) is 0.492. The first-order valence-corrected chi connectivity index (χ1v) is 6.50. The number of anilines is 2. The fourth-order valence-corrected chi connectivity index (χ4v) is 1.86. The summed E-state index contributed by atoms with van der Waals surface area (Å²) in [6, 6.07) is 2.85. The van der Waals surface area contributed by atoms with Gasteiger partial charge in [-0.25, -0.2) is 4.98 Å². The third-order valence-electron chi connectivity index (χ3n) is 3.10. The summed E-state index contributed by atoms with van der Waals surface area (Å²) in [7, 11) is 1.70. The van der Waals surface area contributed by atoms with Gasteiger partial charge in [-0.1, -0.05) is 20.8 Å². The van der Waals surface area contributed by atoms with Gasteiger partial charge < -0.3 is 15.7 Å². The number of hydrogen-bond donors (Lipinski definition) is 3. The van der Waals surface area contributed by atoms with E-state index in [0.29, 0.717) is 12.2 Å². The van der Waals surface area contributed by atoms with E-state index in [1.165, 1.54) is 6.07 Å². The van der Waals surface area contributed by atoms with Crippen LogP contribution in [0.25, 0.3) is 0 Å². The lowest BCUT2D eigenvalue weighted by Gasteiger charge is -2.31. The molecule has 1 aromatic heterocycles. The van der Waals surface area contributed by atoms with Crippen LogP contribution in [-0.4, -0.2) is 34.7 Å². The van der Waals surface area contributed by atoms with Gasteiger partial charge in [0.15, 0.2) is 0 Å². The molecule has 7 nitrogen and oxygen atoms in total. The van der Waals surface area contributed by atoms with E-state index in [-0.39, 0.29) is 29.6 Å². The summed E-state index contributed by atoms with van der Waals surface area (Å²) in [5.41, 5.74) is -0.232. The molecule has 0 amide bonds. The molecule has 0 spiro atoms. The summed E-state index contributed by atoms with van der Waals surface area (Å²) < 4.78 is 0. The van der Waals surface area contributed by atoms with Gasteiger partial charge in [0, 0.05) is 25.8 Å². The molecule has 0 radical (unpaired) electrons. The van der Waals surface area contributed by atoms with Gasteiger partial charge in [-0.3, -0.25) is 10.1 Å². The van der Waals surface area contributed by atoms with Crippen molar-refractivity contribution in [3.63, 3.8) is 0 Å². The van der Waals surface area contributed by atoms with E-state index in [0.717, 1.165) is 0 Å². The molecule has 0 saturated heterocycles. The molecule has 0 aliphatic heterocycles. The molecule has 20 heavy (non-hydrogen) atoms. The zero-order valence-corrected chi connectivity index (χ0v) is 12.3. The van der Waals surface area contributed by atoms with Crippen LogP contribution in [0.15, 0.2) is 12.1 Å². The van der Waals surface area contributed by atoms with E-state index < -0.39 is 4.92 Å². The second-order valence-electron chi connectivity index (χ2n) is 5.65. The van der Waals surface area contributed by atoms with Crippen LogP contribution >= 0.6 is 0 Å². The van der Waals surface area contributed by atoms with Crippen molar-refractivity contribution in [2.75, 3.05) is 24.3 Å². The molecule has 1 heterocycles. The van der Waals surface area contributed by atoms with Crippen molar-refractivity contribution in [2.24, 2.45) is 5.41 Å². The maximum atomic E-state index is 11.1. The second kappa shape index (κ2) is 6.51. The Labute approximate surface area is 118 Å². The Kier molecular flexibility index (Phi) is 5.26. The number of aliphatic hydroxyl groups excluding tert-OH is 1. The minimum absolute atomic E-state index is 0.00839. The van der Waals surface area contributed by atoms with E-state index in [4.69, 9.17) is 5.11 Å². The van der Waals surface area contributed by atoms with Gasteiger partial charge in [0.2, 0.25) is 5.82 Å². The standard InChI is InChI=1S/C13H22N4O3/c1-13(2,3)10(7-8-18)15-12-9(17(19)20)5-6-11(14-4)16-12/h5-6,10,18H,7-8H2,1-4H3,(H2,14,15,16). The molecular weight excluding hydrogens is 260 g/mol. The number of aliphatic hydroxyl groups is 1. The molecule has 0 bridgehead atoms. The number of nitro groups is 1. The predicted molar refractivity (Wildman–Crippen MR) is 79.0 cm³/mol. The van der Waals surface area contributed by atoms with Gasteiger partial charge in [0.05, 0.1) is 4.92 Å². The predicted octanol–water partition coefficient (Wildman–Crippen LogP) is 2.24. The van der Waals surface area contributed by atoms with Crippen molar-refractivity contribution >= 4 is 17.3 Å². The lowest BCUT2D eigenvalue weighted by Crippen LogP contribution is -2.35. The van der Waals surface area contributed by atoms with Crippen molar-refractivity contribution in [2.45, 2.75) is 33.2 Å². The highest BCUT2D eigenvalue weighted by Gasteiger charge is 2.27. The fraction of sp³-hybridized carbons (Fsp3) is 0.615. The normalized spacial score (nSPS) is 12.8. The molecule has 0 aromatic carbocycles. The number of aromatic nitrogens is 1. The van der Waals surface area contributed by atoms with E-state index >= 15 is 0 Å². The Morgan fingerprint density at radius 1 is 1.45 bits per heavy atom. The zero-order chi connectivity index (χ0) is 15.3. The molecule has 1 aromatic rings. The minimum atomic E-state index is -0.465. The first kappa shape index (κ1) is 16.2. The van der Waals surface area contributed by atoms with Crippen LogP contribution in [0, 0.1) is 15.5 Å². The highest BCUT2D eigenvalue weighted by atomic mass is 16.6. The van der Waals surface area contributed by atoms with Crippen LogP contribution in [0.5, 0.6) is 0 Å². The Morgan fingerprint density at radius 3 is 2.55 bits per heavy atom. The molecule has 1 rings (SSSR count). The molecule has 1 atom stereocenters. The van der Waals surface area contributed by atoms with Crippen LogP contribution in [0.1, 0.15) is 27.2 Å². The molecule has 112 valence electrons. The van der Waals surface area contributed by atoms with Crippen LogP contribution in [-0.2, 0) is 0 Å². The lowest BCUT2D eigenvalue weighted by atomic mass is 9.85. The lowest BCUT2D eigenvalue weighted by molar-refractivity contribution is -0.384. The van der Waals surface area contributed by atoms with E-state index in [1.54, 1.807) is 13.1 Å². The smallest absolute Gasteiger partial charge is 0.311 e. The van der Waals surface area contributed by atoms with E-state index in [2.05, 4.69) is 15.6 Å². The van der Waals surface area contributed by atoms with E-state index in [9.17, 15) is 10.1 Å². The number of rotatable bonds is 6. The van der Waals surface area contributed by atoms with Crippen molar-refractivity contribution < 1.29 is 10.0 Å². The number of hydrogen-bond acceptors (Lipinski definition) is 6. The maximum Gasteiger partial charge on any atom is 0.311 e. The van der Waals surface area contributed by atoms with Gasteiger partial charge in [-0.2, -0.15) is 0 Å². The molecule has 0 aliphatic carbocycles. The zero-order valence-electron chi connectivity index (χ0n) is 12.3. The molecule has 3 N–H and O–H groups in total. The Bertz CT molecular complexity index is 471. The van der Waals surface area contributed by atoms with Crippen molar-refractivity contribution in [1.82, 2.24) is 4.98 Å². The van der Waals surface area contributed by atoms with Gasteiger partial charge in [0.25, 0.3) is 0 Å². The minimum Gasteiger partial charge on any atom is -0.396 e. The first-order valence-electron chi connectivity index (χ1n) is 6.50. The third-order valence-corrected chi connectivity index (χ3v) is 3.10. The van der Waals surface area contributed by atoms with Gasteiger partial charge in [-0.15, -0.1) is 0 Å². The van der Waals surface area contributed by atoms with Gasteiger partial charge in [0.1, 0.15) is 5.82 Å².